The number of imidazole rings is 1. The standard InChI is InChI=1S/C22H21BN3O/c1-16-24(3)22(15-25(16)17-9-5-4-6-10-17)26-14-19-18-11-7-8-12-20(18)27-21(19)13-23(26)2/h4-15H,1-3H3/q+1. The van der Waals surface area contributed by atoms with E-state index >= 15 is 0 Å². The van der Waals surface area contributed by atoms with Crippen LogP contribution in [0.5, 0.6) is 0 Å². The Morgan fingerprint density at radius 1 is 1.00 bits per heavy atom. The Hall–Kier alpha value is -3.21. The molecular formula is C22H21BN3O+. The van der Waals surface area contributed by atoms with Crippen LogP contribution in [0.25, 0.3) is 28.8 Å². The number of furan rings is 1. The van der Waals surface area contributed by atoms with Crippen molar-refractivity contribution in [1.29, 1.82) is 0 Å². The number of benzene rings is 2. The van der Waals surface area contributed by atoms with Gasteiger partial charge in [0.1, 0.15) is 22.9 Å². The summed E-state index contributed by atoms with van der Waals surface area (Å²) in [6.07, 6.45) is 4.43. The Balaban J connectivity index is 1.70. The highest BCUT2D eigenvalue weighted by Gasteiger charge is 2.30. The van der Waals surface area contributed by atoms with Crippen LogP contribution in [-0.2, 0) is 7.05 Å². The van der Waals surface area contributed by atoms with E-state index in [1.54, 1.807) is 0 Å². The monoisotopic (exact) mass is 354 g/mol. The fourth-order valence-corrected chi connectivity index (χ4v) is 3.88. The topological polar surface area (TPSA) is 25.2 Å². The van der Waals surface area contributed by atoms with Gasteiger partial charge in [-0.3, -0.25) is 0 Å². The number of rotatable bonds is 2. The van der Waals surface area contributed by atoms with E-state index in [-0.39, 0.29) is 6.85 Å². The average molecular weight is 354 g/mol. The third kappa shape index (κ3) is 2.42. The summed E-state index contributed by atoms with van der Waals surface area (Å²) < 4.78 is 10.5. The van der Waals surface area contributed by atoms with Gasteiger partial charge in [0.15, 0.2) is 0 Å². The molecule has 1 aliphatic rings. The number of fused-ring (bicyclic) bond motifs is 3. The van der Waals surface area contributed by atoms with Crippen molar-refractivity contribution in [2.45, 2.75) is 13.7 Å². The SMILES string of the molecule is CB1C=c2oc3ccccc3c2=CN1c1cn(-c2ccccc2)c(C)[n+]1C. The minimum Gasteiger partial charge on any atom is -0.457 e. The second-order valence-corrected chi connectivity index (χ2v) is 7.12. The maximum absolute atomic E-state index is 6.05. The van der Waals surface area contributed by atoms with Crippen molar-refractivity contribution in [3.8, 4) is 5.69 Å². The summed E-state index contributed by atoms with van der Waals surface area (Å²) in [7, 11) is 2.12. The predicted molar refractivity (Wildman–Crippen MR) is 110 cm³/mol. The lowest BCUT2D eigenvalue weighted by atomic mass is 9.62. The molecule has 0 atom stereocenters. The van der Waals surface area contributed by atoms with E-state index in [1.165, 1.54) is 11.5 Å². The Bertz CT molecular complexity index is 1270. The summed E-state index contributed by atoms with van der Waals surface area (Å²) in [4.78, 5) is 2.32. The first-order valence-electron chi connectivity index (χ1n) is 9.26. The van der Waals surface area contributed by atoms with E-state index in [4.69, 9.17) is 4.42 Å². The van der Waals surface area contributed by atoms with Gasteiger partial charge >= 0.3 is 6.85 Å². The molecule has 2 aromatic heterocycles. The fraction of sp³-hybridized carbons (Fsp3) is 0.136. The first-order chi connectivity index (χ1) is 13.1. The van der Waals surface area contributed by atoms with Crippen LogP contribution in [0.3, 0.4) is 0 Å². The molecule has 4 nitrogen and oxygen atoms in total. The molecule has 0 aliphatic carbocycles. The first kappa shape index (κ1) is 16.0. The van der Waals surface area contributed by atoms with E-state index in [9.17, 15) is 0 Å². The van der Waals surface area contributed by atoms with Gasteiger partial charge in [0.25, 0.3) is 0 Å². The molecule has 0 fully saturated rings. The zero-order valence-corrected chi connectivity index (χ0v) is 15.8. The minimum absolute atomic E-state index is 0.204. The number of anilines is 1. The summed E-state index contributed by atoms with van der Waals surface area (Å²) in [6, 6.07) is 18.7. The molecule has 2 aromatic carbocycles. The van der Waals surface area contributed by atoms with E-state index < -0.39 is 0 Å². The molecule has 0 radical (unpaired) electrons. The van der Waals surface area contributed by atoms with Gasteiger partial charge < -0.3 is 9.23 Å². The van der Waals surface area contributed by atoms with Crippen LogP contribution < -0.4 is 20.0 Å². The molecule has 0 spiro atoms. The van der Waals surface area contributed by atoms with E-state index in [0.717, 1.165) is 27.4 Å². The lowest BCUT2D eigenvalue weighted by Gasteiger charge is -2.18. The molecule has 5 heteroatoms. The van der Waals surface area contributed by atoms with Crippen LogP contribution in [0.1, 0.15) is 5.82 Å². The zero-order chi connectivity index (χ0) is 18.5. The summed E-state index contributed by atoms with van der Waals surface area (Å²) in [6.45, 7) is 4.55. The molecule has 1 aliphatic heterocycles. The van der Waals surface area contributed by atoms with E-state index in [2.05, 4.69) is 89.5 Å². The molecule has 0 unspecified atom stereocenters. The van der Waals surface area contributed by atoms with E-state index in [1.807, 2.05) is 18.2 Å². The van der Waals surface area contributed by atoms with Gasteiger partial charge in [-0.1, -0.05) is 36.4 Å². The van der Waals surface area contributed by atoms with Crippen LogP contribution in [0, 0.1) is 6.92 Å². The van der Waals surface area contributed by atoms with Crippen molar-refractivity contribution in [1.82, 2.24) is 4.57 Å². The van der Waals surface area contributed by atoms with Crippen LogP contribution in [0.15, 0.2) is 65.2 Å². The van der Waals surface area contributed by atoms with Crippen molar-refractivity contribution in [3.63, 3.8) is 0 Å². The molecule has 0 saturated carbocycles. The lowest BCUT2D eigenvalue weighted by molar-refractivity contribution is -0.663. The maximum atomic E-state index is 6.05. The summed E-state index contributed by atoms with van der Waals surface area (Å²) in [5.41, 5.74) is 3.06. The highest BCUT2D eigenvalue weighted by atomic mass is 16.3. The van der Waals surface area contributed by atoms with Crippen LogP contribution in [-0.4, -0.2) is 11.4 Å². The van der Waals surface area contributed by atoms with E-state index in [0.29, 0.717) is 0 Å². The van der Waals surface area contributed by atoms with Gasteiger partial charge in [-0.2, -0.15) is 0 Å². The minimum atomic E-state index is 0.204. The van der Waals surface area contributed by atoms with Gasteiger partial charge in [-0.25, -0.2) is 9.13 Å². The summed E-state index contributed by atoms with van der Waals surface area (Å²) in [5.74, 6) is 4.53. The molecule has 132 valence electrons. The molecule has 4 aromatic rings. The normalized spacial score (nSPS) is 13.4. The Morgan fingerprint density at radius 2 is 1.74 bits per heavy atom. The first-order valence-corrected chi connectivity index (χ1v) is 9.26. The molecule has 5 rings (SSSR count). The molecule has 3 heterocycles. The largest absolute Gasteiger partial charge is 0.457 e. The van der Waals surface area contributed by atoms with Gasteiger partial charge in [-0.05, 0) is 31.0 Å². The number of para-hydroxylation sites is 2. The fourth-order valence-electron chi connectivity index (χ4n) is 3.88. The quantitative estimate of drug-likeness (QED) is 0.408. The van der Waals surface area contributed by atoms with Crippen molar-refractivity contribution < 1.29 is 8.98 Å². The summed E-state index contributed by atoms with van der Waals surface area (Å²) >= 11 is 0. The van der Waals surface area contributed by atoms with Crippen LogP contribution in [0.2, 0.25) is 6.82 Å². The average Bonchev–Trinajstić information content (AvgIpc) is 3.19. The van der Waals surface area contributed by atoms with Gasteiger partial charge in [0, 0.05) is 12.3 Å². The number of hydrogen-bond donors (Lipinski definition) is 0. The summed E-state index contributed by atoms with van der Waals surface area (Å²) in [5, 5.41) is 2.30. The second-order valence-electron chi connectivity index (χ2n) is 7.12. The zero-order valence-electron chi connectivity index (χ0n) is 15.8. The highest BCUT2D eigenvalue weighted by Crippen LogP contribution is 2.20. The van der Waals surface area contributed by atoms with Gasteiger partial charge in [0.05, 0.1) is 18.5 Å². The number of nitrogens with zero attached hydrogens (tertiary/aromatic N) is 3. The van der Waals surface area contributed by atoms with Crippen LogP contribution >= 0.6 is 0 Å². The molecule has 0 N–H and O–H groups in total. The Labute approximate surface area is 158 Å². The molecule has 0 bridgehead atoms. The predicted octanol–water partition coefficient (Wildman–Crippen LogP) is 2.56. The second kappa shape index (κ2) is 5.91. The molecule has 0 saturated heterocycles. The van der Waals surface area contributed by atoms with Crippen molar-refractivity contribution in [2.24, 2.45) is 7.05 Å². The number of hydrogen-bond acceptors (Lipinski definition) is 2. The molecule has 27 heavy (non-hydrogen) atoms. The maximum Gasteiger partial charge on any atom is 0.366 e. The van der Waals surface area contributed by atoms with Crippen LogP contribution in [0.4, 0.5) is 5.82 Å². The lowest BCUT2D eigenvalue weighted by Crippen LogP contribution is -2.47. The Kier molecular flexibility index (Phi) is 3.50. The van der Waals surface area contributed by atoms with Gasteiger partial charge in [-0.15, -0.1) is 0 Å². The molecular weight excluding hydrogens is 333 g/mol. The third-order valence-corrected chi connectivity index (χ3v) is 5.48. The molecule has 0 amide bonds. The third-order valence-electron chi connectivity index (χ3n) is 5.48. The van der Waals surface area contributed by atoms with Crippen molar-refractivity contribution >= 4 is 35.8 Å². The van der Waals surface area contributed by atoms with Crippen molar-refractivity contribution in [2.75, 3.05) is 4.81 Å². The highest BCUT2D eigenvalue weighted by molar-refractivity contribution is 6.76. The smallest absolute Gasteiger partial charge is 0.366 e. The van der Waals surface area contributed by atoms with Gasteiger partial charge in [0.2, 0.25) is 11.6 Å². The Morgan fingerprint density at radius 3 is 2.56 bits per heavy atom. The van der Waals surface area contributed by atoms with Crippen molar-refractivity contribution in [3.05, 3.63) is 77.3 Å². The number of aromatic nitrogens is 2.